The summed E-state index contributed by atoms with van der Waals surface area (Å²) in [6, 6.07) is 0. The zero-order valence-corrected chi connectivity index (χ0v) is 12.4. The molecule has 2 N–H and O–H groups in total. The van der Waals surface area contributed by atoms with Crippen LogP contribution in [0.1, 0.15) is 33.1 Å². The number of nitrogens with zero attached hydrogens (tertiary/aromatic N) is 1. The number of nitrogens with one attached hydrogen (secondary N) is 1. The Kier molecular flexibility index (Phi) is 6.22. The Morgan fingerprint density at radius 1 is 1.47 bits per heavy atom. The first-order valence-electron chi connectivity index (χ1n) is 6.84. The topological polar surface area (TPSA) is 86.7 Å². The minimum atomic E-state index is -3.22. The maximum Gasteiger partial charge on any atom is 0.224 e. The number of carbonyl (C=O) groups excluding carboxylic acids is 1. The van der Waals surface area contributed by atoms with Gasteiger partial charge in [-0.1, -0.05) is 6.92 Å². The molecule has 0 radical (unpaired) electrons. The molecule has 1 saturated heterocycles. The molecule has 1 fully saturated rings. The molecule has 1 amide bonds. The molecule has 1 aliphatic heterocycles. The van der Waals surface area contributed by atoms with E-state index in [1.165, 1.54) is 4.31 Å². The molecule has 1 rings (SSSR count). The van der Waals surface area contributed by atoms with Crippen molar-refractivity contribution in [3.05, 3.63) is 0 Å². The average Bonchev–Trinajstić information content (AvgIpc) is 2.44. The first-order chi connectivity index (χ1) is 8.90. The van der Waals surface area contributed by atoms with Gasteiger partial charge in [0, 0.05) is 19.6 Å². The quantitative estimate of drug-likeness (QED) is 0.718. The number of rotatable bonds is 6. The SMILES string of the molecule is CC[C@@H](O)CNC(=O)C1CCCN(S(=O)(=O)CC)C1. The van der Waals surface area contributed by atoms with Crippen molar-refractivity contribution in [3.8, 4) is 0 Å². The monoisotopic (exact) mass is 292 g/mol. The highest BCUT2D eigenvalue weighted by atomic mass is 32.2. The van der Waals surface area contributed by atoms with Crippen molar-refractivity contribution in [1.82, 2.24) is 9.62 Å². The maximum absolute atomic E-state index is 11.9. The van der Waals surface area contributed by atoms with Crippen LogP contribution in [0, 0.1) is 5.92 Å². The molecular formula is C12H24N2O4S. The number of aliphatic hydroxyl groups excluding tert-OH is 1. The molecule has 19 heavy (non-hydrogen) atoms. The number of sulfonamides is 1. The number of amides is 1. The predicted molar refractivity (Wildman–Crippen MR) is 73.1 cm³/mol. The van der Waals surface area contributed by atoms with E-state index in [9.17, 15) is 18.3 Å². The summed E-state index contributed by atoms with van der Waals surface area (Å²) in [5, 5.41) is 12.1. The van der Waals surface area contributed by atoms with Crippen molar-refractivity contribution in [1.29, 1.82) is 0 Å². The van der Waals surface area contributed by atoms with Crippen molar-refractivity contribution in [2.75, 3.05) is 25.4 Å². The van der Waals surface area contributed by atoms with Gasteiger partial charge in [0.1, 0.15) is 0 Å². The van der Waals surface area contributed by atoms with Gasteiger partial charge in [-0.3, -0.25) is 4.79 Å². The van der Waals surface area contributed by atoms with Gasteiger partial charge in [0.2, 0.25) is 15.9 Å². The van der Waals surface area contributed by atoms with Gasteiger partial charge in [0.05, 0.1) is 17.8 Å². The summed E-state index contributed by atoms with van der Waals surface area (Å²) in [6.07, 6.45) is 1.45. The normalized spacial score (nSPS) is 23.0. The molecule has 0 bridgehead atoms. The van der Waals surface area contributed by atoms with Gasteiger partial charge in [-0.15, -0.1) is 0 Å². The lowest BCUT2D eigenvalue weighted by atomic mass is 9.99. The summed E-state index contributed by atoms with van der Waals surface area (Å²) in [4.78, 5) is 11.9. The van der Waals surface area contributed by atoms with Crippen molar-refractivity contribution < 1.29 is 18.3 Å². The second kappa shape index (κ2) is 7.21. The van der Waals surface area contributed by atoms with Crippen molar-refractivity contribution in [2.45, 2.75) is 39.2 Å². The van der Waals surface area contributed by atoms with Crippen LogP contribution in [0.2, 0.25) is 0 Å². The van der Waals surface area contributed by atoms with Crippen molar-refractivity contribution >= 4 is 15.9 Å². The second-order valence-electron chi connectivity index (χ2n) is 4.90. The van der Waals surface area contributed by atoms with Crippen LogP contribution >= 0.6 is 0 Å². The number of carbonyl (C=O) groups is 1. The number of hydrogen-bond donors (Lipinski definition) is 2. The van der Waals surface area contributed by atoms with Crippen molar-refractivity contribution in [2.24, 2.45) is 5.92 Å². The van der Waals surface area contributed by atoms with Gasteiger partial charge < -0.3 is 10.4 Å². The molecule has 2 atom stereocenters. The molecule has 0 aromatic rings. The second-order valence-corrected chi connectivity index (χ2v) is 7.16. The first kappa shape index (κ1) is 16.4. The summed E-state index contributed by atoms with van der Waals surface area (Å²) < 4.78 is 25.0. The van der Waals surface area contributed by atoms with Gasteiger partial charge in [-0.05, 0) is 26.2 Å². The smallest absolute Gasteiger partial charge is 0.224 e. The molecule has 0 aromatic carbocycles. The Bertz CT molecular complexity index is 397. The van der Waals surface area contributed by atoms with Crippen LogP contribution in [-0.2, 0) is 14.8 Å². The summed E-state index contributed by atoms with van der Waals surface area (Å²) in [5.74, 6) is -0.404. The van der Waals surface area contributed by atoms with E-state index in [1.807, 2.05) is 6.92 Å². The van der Waals surface area contributed by atoms with E-state index in [1.54, 1.807) is 6.92 Å². The van der Waals surface area contributed by atoms with Crippen LogP contribution in [0.5, 0.6) is 0 Å². The zero-order chi connectivity index (χ0) is 14.5. The average molecular weight is 292 g/mol. The summed E-state index contributed by atoms with van der Waals surface area (Å²) in [7, 11) is -3.22. The standard InChI is InChI=1S/C12H24N2O4S/c1-3-11(15)8-13-12(16)10-6-5-7-14(9-10)19(17,18)4-2/h10-11,15H,3-9H2,1-2H3,(H,13,16)/t10?,11-/m1/s1. The van der Waals surface area contributed by atoms with E-state index in [0.29, 0.717) is 25.8 Å². The number of piperidine rings is 1. The highest BCUT2D eigenvalue weighted by molar-refractivity contribution is 7.89. The summed E-state index contributed by atoms with van der Waals surface area (Å²) >= 11 is 0. The maximum atomic E-state index is 11.9. The lowest BCUT2D eigenvalue weighted by Gasteiger charge is -2.31. The molecule has 0 aliphatic carbocycles. The van der Waals surface area contributed by atoms with E-state index in [4.69, 9.17) is 0 Å². The van der Waals surface area contributed by atoms with Gasteiger partial charge in [-0.2, -0.15) is 0 Å². The first-order valence-corrected chi connectivity index (χ1v) is 8.45. The Hall–Kier alpha value is -0.660. The zero-order valence-electron chi connectivity index (χ0n) is 11.6. The van der Waals surface area contributed by atoms with E-state index >= 15 is 0 Å². The molecule has 6 nitrogen and oxygen atoms in total. The van der Waals surface area contributed by atoms with E-state index in [2.05, 4.69) is 5.32 Å². The van der Waals surface area contributed by atoms with Gasteiger partial charge in [-0.25, -0.2) is 12.7 Å². The molecule has 0 saturated carbocycles. The summed E-state index contributed by atoms with van der Waals surface area (Å²) in [5.41, 5.74) is 0. The van der Waals surface area contributed by atoms with Crippen LogP contribution in [0.25, 0.3) is 0 Å². The van der Waals surface area contributed by atoms with Crippen LogP contribution in [0.3, 0.4) is 0 Å². The van der Waals surface area contributed by atoms with E-state index in [-0.39, 0.29) is 30.7 Å². The fraction of sp³-hybridized carbons (Fsp3) is 0.917. The third-order valence-corrected chi connectivity index (χ3v) is 5.34. The van der Waals surface area contributed by atoms with Gasteiger partial charge in [0.25, 0.3) is 0 Å². The molecule has 0 spiro atoms. The van der Waals surface area contributed by atoms with Crippen LogP contribution < -0.4 is 5.32 Å². The van der Waals surface area contributed by atoms with Gasteiger partial charge in [0.15, 0.2) is 0 Å². The fourth-order valence-corrected chi connectivity index (χ4v) is 3.28. The Labute approximate surface area is 115 Å². The Balaban J connectivity index is 2.53. The summed E-state index contributed by atoms with van der Waals surface area (Å²) in [6.45, 7) is 4.43. The van der Waals surface area contributed by atoms with Crippen molar-refractivity contribution in [3.63, 3.8) is 0 Å². The lowest BCUT2D eigenvalue weighted by Crippen LogP contribution is -2.46. The lowest BCUT2D eigenvalue weighted by molar-refractivity contribution is -0.126. The number of aliphatic hydroxyl groups is 1. The Morgan fingerprint density at radius 3 is 2.74 bits per heavy atom. The highest BCUT2D eigenvalue weighted by Crippen LogP contribution is 2.19. The fourth-order valence-electron chi connectivity index (χ4n) is 2.10. The van der Waals surface area contributed by atoms with Crippen LogP contribution in [0.4, 0.5) is 0 Å². The minimum Gasteiger partial charge on any atom is -0.391 e. The van der Waals surface area contributed by atoms with E-state index < -0.39 is 16.1 Å². The van der Waals surface area contributed by atoms with E-state index in [0.717, 1.165) is 0 Å². The molecule has 7 heteroatoms. The molecule has 112 valence electrons. The molecular weight excluding hydrogens is 268 g/mol. The highest BCUT2D eigenvalue weighted by Gasteiger charge is 2.31. The third kappa shape index (κ3) is 4.74. The predicted octanol–water partition coefficient (Wildman–Crippen LogP) is -0.0648. The number of hydrogen-bond acceptors (Lipinski definition) is 4. The molecule has 0 aromatic heterocycles. The minimum absolute atomic E-state index is 0.0654. The molecule has 1 heterocycles. The molecule has 1 aliphatic rings. The van der Waals surface area contributed by atoms with Gasteiger partial charge >= 0.3 is 0 Å². The van der Waals surface area contributed by atoms with Crippen LogP contribution in [-0.4, -0.2) is 55.2 Å². The largest absolute Gasteiger partial charge is 0.391 e. The Morgan fingerprint density at radius 2 is 2.16 bits per heavy atom. The third-order valence-electron chi connectivity index (χ3n) is 3.50. The molecule has 1 unspecified atom stereocenters. The van der Waals surface area contributed by atoms with Crippen LogP contribution in [0.15, 0.2) is 0 Å².